The lowest BCUT2D eigenvalue weighted by Gasteiger charge is -1.98. The van der Waals surface area contributed by atoms with Crippen molar-refractivity contribution in [3.8, 4) is 11.4 Å². The van der Waals surface area contributed by atoms with Gasteiger partial charge in [0.25, 0.3) is 0 Å². The van der Waals surface area contributed by atoms with Crippen molar-refractivity contribution in [3.05, 3.63) is 57.7 Å². The molecule has 0 saturated heterocycles. The molecule has 3 aromatic rings. The lowest BCUT2D eigenvalue weighted by atomic mass is 10.2. The second kappa shape index (κ2) is 5.40. The van der Waals surface area contributed by atoms with Gasteiger partial charge in [-0.25, -0.2) is 0 Å². The Morgan fingerprint density at radius 3 is 2.64 bits per heavy atom. The first kappa shape index (κ1) is 13.9. The zero-order chi connectivity index (χ0) is 15.7. The third-order valence-electron chi connectivity index (χ3n) is 3.31. The maximum Gasteiger partial charge on any atom is 0.312 e. The standard InChI is InChI=1S/C14H13N5O3/c1-9-13(19(20)21)10(2)18(16-9)8-12-15-14(17-22-12)11-6-4-3-5-7-11/h3-7H,8H2,1-2H3. The molecule has 2 aromatic heterocycles. The highest BCUT2D eigenvalue weighted by Crippen LogP contribution is 2.22. The molecule has 0 atom stereocenters. The Labute approximate surface area is 125 Å². The Morgan fingerprint density at radius 2 is 2.00 bits per heavy atom. The summed E-state index contributed by atoms with van der Waals surface area (Å²) in [6.45, 7) is 3.44. The van der Waals surface area contributed by atoms with Crippen molar-refractivity contribution in [2.75, 3.05) is 0 Å². The number of hydrogen-bond donors (Lipinski definition) is 0. The van der Waals surface area contributed by atoms with Gasteiger partial charge in [0.15, 0.2) is 0 Å². The van der Waals surface area contributed by atoms with Crippen molar-refractivity contribution in [1.29, 1.82) is 0 Å². The average Bonchev–Trinajstić information content (AvgIpc) is 3.06. The van der Waals surface area contributed by atoms with Gasteiger partial charge in [-0.1, -0.05) is 35.5 Å². The van der Waals surface area contributed by atoms with Crippen LogP contribution >= 0.6 is 0 Å². The summed E-state index contributed by atoms with van der Waals surface area (Å²) in [6.07, 6.45) is 0. The topological polar surface area (TPSA) is 99.9 Å². The van der Waals surface area contributed by atoms with Crippen LogP contribution in [0.4, 0.5) is 5.69 Å². The van der Waals surface area contributed by atoms with Crippen LogP contribution in [0, 0.1) is 24.0 Å². The molecular weight excluding hydrogens is 286 g/mol. The third-order valence-corrected chi connectivity index (χ3v) is 3.31. The minimum Gasteiger partial charge on any atom is -0.337 e. The van der Waals surface area contributed by atoms with Crippen LogP contribution in [0.5, 0.6) is 0 Å². The van der Waals surface area contributed by atoms with Crippen molar-refractivity contribution in [1.82, 2.24) is 19.9 Å². The van der Waals surface area contributed by atoms with Crippen LogP contribution in [0.1, 0.15) is 17.3 Å². The molecule has 0 amide bonds. The number of aryl methyl sites for hydroxylation is 1. The van der Waals surface area contributed by atoms with Gasteiger partial charge in [0.05, 0.1) is 4.92 Å². The number of aromatic nitrogens is 4. The van der Waals surface area contributed by atoms with Gasteiger partial charge in [-0.05, 0) is 13.8 Å². The molecule has 1 aromatic carbocycles. The zero-order valence-corrected chi connectivity index (χ0v) is 12.1. The highest BCUT2D eigenvalue weighted by atomic mass is 16.6. The van der Waals surface area contributed by atoms with E-state index in [0.29, 0.717) is 23.1 Å². The first-order chi connectivity index (χ1) is 10.6. The molecule has 0 spiro atoms. The molecule has 0 unspecified atom stereocenters. The molecule has 22 heavy (non-hydrogen) atoms. The van der Waals surface area contributed by atoms with Gasteiger partial charge < -0.3 is 4.52 Å². The lowest BCUT2D eigenvalue weighted by molar-refractivity contribution is -0.386. The summed E-state index contributed by atoms with van der Waals surface area (Å²) in [5, 5.41) is 19.1. The second-order valence-corrected chi connectivity index (χ2v) is 4.81. The monoisotopic (exact) mass is 299 g/mol. The number of benzene rings is 1. The van der Waals surface area contributed by atoms with E-state index in [1.165, 1.54) is 4.68 Å². The number of rotatable bonds is 4. The molecule has 0 aliphatic heterocycles. The van der Waals surface area contributed by atoms with E-state index in [-0.39, 0.29) is 12.2 Å². The largest absolute Gasteiger partial charge is 0.337 e. The fraction of sp³-hybridized carbons (Fsp3) is 0.214. The first-order valence-electron chi connectivity index (χ1n) is 6.62. The van der Waals surface area contributed by atoms with Gasteiger partial charge in [0.1, 0.15) is 17.9 Å². The Hall–Kier alpha value is -3.03. The third kappa shape index (κ3) is 2.46. The van der Waals surface area contributed by atoms with E-state index in [1.807, 2.05) is 30.3 Å². The van der Waals surface area contributed by atoms with Crippen molar-refractivity contribution in [3.63, 3.8) is 0 Å². The summed E-state index contributed by atoms with van der Waals surface area (Å²) in [5.74, 6) is 0.825. The van der Waals surface area contributed by atoms with Crippen LogP contribution in [0.25, 0.3) is 11.4 Å². The van der Waals surface area contributed by atoms with Crippen molar-refractivity contribution in [2.45, 2.75) is 20.4 Å². The Kier molecular flexibility index (Phi) is 3.42. The summed E-state index contributed by atoms with van der Waals surface area (Å²) in [7, 11) is 0. The zero-order valence-electron chi connectivity index (χ0n) is 12.1. The van der Waals surface area contributed by atoms with Crippen LogP contribution in [0.3, 0.4) is 0 Å². The van der Waals surface area contributed by atoms with Gasteiger partial charge in [0, 0.05) is 5.56 Å². The maximum atomic E-state index is 11.0. The van der Waals surface area contributed by atoms with Crippen LogP contribution in [0.15, 0.2) is 34.9 Å². The molecule has 0 aliphatic carbocycles. The van der Waals surface area contributed by atoms with Gasteiger partial charge in [-0.2, -0.15) is 10.1 Å². The van der Waals surface area contributed by atoms with Crippen molar-refractivity contribution >= 4 is 5.69 Å². The Balaban J connectivity index is 1.88. The molecular formula is C14H13N5O3. The lowest BCUT2D eigenvalue weighted by Crippen LogP contribution is -2.04. The summed E-state index contributed by atoms with van der Waals surface area (Å²) in [4.78, 5) is 14.9. The van der Waals surface area contributed by atoms with E-state index < -0.39 is 4.92 Å². The van der Waals surface area contributed by atoms with Crippen molar-refractivity contribution < 1.29 is 9.45 Å². The van der Waals surface area contributed by atoms with E-state index in [1.54, 1.807) is 13.8 Å². The Bertz CT molecular complexity index is 822. The smallest absolute Gasteiger partial charge is 0.312 e. The van der Waals surface area contributed by atoms with E-state index in [9.17, 15) is 10.1 Å². The normalized spacial score (nSPS) is 10.8. The molecule has 0 N–H and O–H groups in total. The molecule has 0 saturated carbocycles. The van der Waals surface area contributed by atoms with Gasteiger partial charge >= 0.3 is 5.69 Å². The minimum atomic E-state index is -0.433. The van der Waals surface area contributed by atoms with Crippen LogP contribution in [-0.4, -0.2) is 24.8 Å². The molecule has 8 heteroatoms. The predicted octanol–water partition coefficient (Wildman–Crippen LogP) is 2.51. The molecule has 0 fully saturated rings. The fourth-order valence-corrected chi connectivity index (χ4v) is 2.26. The first-order valence-corrected chi connectivity index (χ1v) is 6.62. The summed E-state index contributed by atoms with van der Waals surface area (Å²) < 4.78 is 6.69. The maximum absolute atomic E-state index is 11.0. The highest BCUT2D eigenvalue weighted by molar-refractivity contribution is 5.53. The minimum absolute atomic E-state index is 0.0165. The van der Waals surface area contributed by atoms with Crippen molar-refractivity contribution in [2.24, 2.45) is 0 Å². The molecule has 8 nitrogen and oxygen atoms in total. The fourth-order valence-electron chi connectivity index (χ4n) is 2.26. The van der Waals surface area contributed by atoms with Gasteiger partial charge in [-0.3, -0.25) is 14.8 Å². The van der Waals surface area contributed by atoms with E-state index in [0.717, 1.165) is 5.56 Å². The predicted molar refractivity (Wildman–Crippen MR) is 77.2 cm³/mol. The van der Waals surface area contributed by atoms with Crippen LogP contribution < -0.4 is 0 Å². The molecule has 0 radical (unpaired) electrons. The Morgan fingerprint density at radius 1 is 1.27 bits per heavy atom. The van der Waals surface area contributed by atoms with Gasteiger partial charge in [-0.15, -0.1) is 0 Å². The van der Waals surface area contributed by atoms with Crippen LogP contribution in [0.2, 0.25) is 0 Å². The van der Waals surface area contributed by atoms with E-state index >= 15 is 0 Å². The molecule has 0 aliphatic rings. The molecule has 0 bridgehead atoms. The average molecular weight is 299 g/mol. The summed E-state index contributed by atoms with van der Waals surface area (Å²) in [5.41, 5.74) is 1.69. The van der Waals surface area contributed by atoms with Gasteiger partial charge in [0.2, 0.25) is 11.7 Å². The SMILES string of the molecule is Cc1nn(Cc2nc(-c3ccccc3)no2)c(C)c1[N+](=O)[O-]. The molecule has 3 rings (SSSR count). The second-order valence-electron chi connectivity index (χ2n) is 4.81. The number of nitro groups is 1. The summed E-state index contributed by atoms with van der Waals surface area (Å²) >= 11 is 0. The number of hydrogen-bond acceptors (Lipinski definition) is 6. The highest BCUT2D eigenvalue weighted by Gasteiger charge is 2.22. The van der Waals surface area contributed by atoms with Crippen LogP contribution in [-0.2, 0) is 6.54 Å². The van der Waals surface area contributed by atoms with E-state index in [2.05, 4.69) is 15.2 Å². The number of nitrogens with zero attached hydrogens (tertiary/aromatic N) is 5. The quantitative estimate of drug-likeness (QED) is 0.542. The summed E-state index contributed by atoms with van der Waals surface area (Å²) in [6, 6.07) is 9.43. The molecule has 2 heterocycles. The van der Waals surface area contributed by atoms with E-state index in [4.69, 9.17) is 4.52 Å². The molecule has 112 valence electrons.